The molecule has 8 heteroatoms. The number of aryl methyl sites for hydroxylation is 1. The lowest BCUT2D eigenvalue weighted by atomic mass is 10.1. The van der Waals surface area contributed by atoms with Crippen molar-refractivity contribution < 1.29 is 13.2 Å². The number of nitrogens with one attached hydrogen (secondary N) is 1. The van der Waals surface area contributed by atoms with Crippen molar-refractivity contribution in [2.45, 2.75) is 13.8 Å². The summed E-state index contributed by atoms with van der Waals surface area (Å²) in [7, 11) is -3.62. The minimum atomic E-state index is -3.62. The number of anilines is 1. The first-order valence-electron chi connectivity index (χ1n) is 7.80. The quantitative estimate of drug-likeness (QED) is 0.605. The summed E-state index contributed by atoms with van der Waals surface area (Å²) in [6, 6.07) is 13.9. The van der Waals surface area contributed by atoms with Gasteiger partial charge < -0.3 is 0 Å². The van der Waals surface area contributed by atoms with E-state index in [1.165, 1.54) is 0 Å². The summed E-state index contributed by atoms with van der Waals surface area (Å²) in [5.41, 5.74) is 5.10. The maximum absolute atomic E-state index is 12.2. The number of nitrogens with zero attached hydrogens (tertiary/aromatic N) is 2. The molecular formula is C18H20ClN3O3S. The Morgan fingerprint density at radius 2 is 1.85 bits per heavy atom. The number of halogens is 1. The van der Waals surface area contributed by atoms with Crippen LogP contribution in [0.3, 0.4) is 0 Å². The maximum Gasteiger partial charge on any atom is 0.260 e. The average Bonchev–Trinajstić information content (AvgIpc) is 2.57. The minimum absolute atomic E-state index is 0.361. The van der Waals surface area contributed by atoms with E-state index in [1.54, 1.807) is 49.4 Å². The third-order valence-corrected chi connectivity index (χ3v) is 4.98. The molecule has 0 aliphatic heterocycles. The van der Waals surface area contributed by atoms with Gasteiger partial charge in [-0.05, 0) is 49.2 Å². The van der Waals surface area contributed by atoms with Gasteiger partial charge in [-0.15, -0.1) is 0 Å². The molecule has 0 radical (unpaired) electrons. The molecule has 26 heavy (non-hydrogen) atoms. The standard InChI is InChI=1S/C18H20ClN3O3S/c1-13-5-4-6-17(11-13)22(26(3,24)25)12-18(23)21-20-14(2)15-7-9-16(19)10-8-15/h4-11H,12H2,1-3H3,(H,21,23)/b20-14-. The second-order valence-corrected chi connectivity index (χ2v) is 8.19. The van der Waals surface area contributed by atoms with Gasteiger partial charge in [-0.2, -0.15) is 5.10 Å². The van der Waals surface area contributed by atoms with Gasteiger partial charge in [-0.25, -0.2) is 13.8 Å². The number of hydrogen-bond donors (Lipinski definition) is 1. The molecular weight excluding hydrogens is 374 g/mol. The number of sulfonamides is 1. The van der Waals surface area contributed by atoms with E-state index < -0.39 is 15.9 Å². The summed E-state index contributed by atoms with van der Waals surface area (Å²) in [6.45, 7) is 3.22. The smallest absolute Gasteiger partial charge is 0.260 e. The highest BCUT2D eigenvalue weighted by molar-refractivity contribution is 7.92. The first-order chi connectivity index (χ1) is 12.2. The zero-order valence-electron chi connectivity index (χ0n) is 14.7. The zero-order valence-corrected chi connectivity index (χ0v) is 16.3. The first-order valence-corrected chi connectivity index (χ1v) is 10.0. The molecule has 0 aliphatic carbocycles. The van der Waals surface area contributed by atoms with Gasteiger partial charge >= 0.3 is 0 Å². The Kier molecular flexibility index (Phi) is 6.39. The fourth-order valence-electron chi connectivity index (χ4n) is 2.25. The topological polar surface area (TPSA) is 78.8 Å². The molecule has 1 amide bonds. The number of hydrazone groups is 1. The van der Waals surface area contributed by atoms with Crippen LogP contribution in [0.2, 0.25) is 5.02 Å². The Bertz CT molecular complexity index is 925. The molecule has 2 rings (SSSR count). The second-order valence-electron chi connectivity index (χ2n) is 5.85. The zero-order chi connectivity index (χ0) is 19.3. The molecule has 2 aromatic rings. The van der Waals surface area contributed by atoms with Crippen LogP contribution in [0.5, 0.6) is 0 Å². The van der Waals surface area contributed by atoms with Crippen LogP contribution >= 0.6 is 11.6 Å². The third-order valence-electron chi connectivity index (χ3n) is 3.59. The Morgan fingerprint density at radius 1 is 1.19 bits per heavy atom. The molecule has 0 bridgehead atoms. The van der Waals surface area contributed by atoms with E-state index >= 15 is 0 Å². The van der Waals surface area contributed by atoms with Gasteiger partial charge in [0.15, 0.2) is 0 Å². The monoisotopic (exact) mass is 393 g/mol. The van der Waals surface area contributed by atoms with Gasteiger partial charge in [0.05, 0.1) is 17.7 Å². The van der Waals surface area contributed by atoms with E-state index in [-0.39, 0.29) is 6.54 Å². The molecule has 6 nitrogen and oxygen atoms in total. The fraction of sp³-hybridized carbons (Fsp3) is 0.222. The van der Waals surface area contributed by atoms with Crippen molar-refractivity contribution in [2.75, 3.05) is 17.1 Å². The lowest BCUT2D eigenvalue weighted by molar-refractivity contribution is -0.119. The molecule has 0 atom stereocenters. The Balaban J connectivity index is 2.12. The highest BCUT2D eigenvalue weighted by atomic mass is 35.5. The summed E-state index contributed by atoms with van der Waals surface area (Å²) in [6.07, 6.45) is 1.06. The van der Waals surface area contributed by atoms with Crippen molar-refractivity contribution in [2.24, 2.45) is 5.10 Å². The molecule has 0 saturated heterocycles. The van der Waals surface area contributed by atoms with Crippen LogP contribution in [0.15, 0.2) is 53.6 Å². The van der Waals surface area contributed by atoms with Crippen LogP contribution in [-0.4, -0.2) is 32.8 Å². The Hall–Kier alpha value is -2.38. The summed E-state index contributed by atoms with van der Waals surface area (Å²) >= 11 is 5.84. The van der Waals surface area contributed by atoms with Gasteiger partial charge in [-0.3, -0.25) is 9.10 Å². The highest BCUT2D eigenvalue weighted by Gasteiger charge is 2.20. The van der Waals surface area contributed by atoms with Gasteiger partial charge in [0, 0.05) is 5.02 Å². The third kappa shape index (κ3) is 5.57. The van der Waals surface area contributed by atoms with Crippen molar-refractivity contribution in [1.82, 2.24) is 5.43 Å². The molecule has 0 fully saturated rings. The number of carbonyl (C=O) groups excluding carboxylic acids is 1. The predicted octanol–water partition coefficient (Wildman–Crippen LogP) is 2.95. The van der Waals surface area contributed by atoms with Crippen molar-refractivity contribution in [1.29, 1.82) is 0 Å². The fourth-order valence-corrected chi connectivity index (χ4v) is 3.23. The number of benzene rings is 2. The summed E-state index contributed by atoms with van der Waals surface area (Å²) < 4.78 is 25.2. The van der Waals surface area contributed by atoms with E-state index in [2.05, 4.69) is 10.5 Å². The van der Waals surface area contributed by atoms with E-state index in [1.807, 2.05) is 13.0 Å². The number of carbonyl (C=O) groups is 1. The molecule has 0 aromatic heterocycles. The van der Waals surface area contributed by atoms with Crippen LogP contribution in [0, 0.1) is 6.92 Å². The second kappa shape index (κ2) is 8.33. The first kappa shape index (κ1) is 19.9. The van der Waals surface area contributed by atoms with E-state index in [4.69, 9.17) is 11.6 Å². The molecule has 0 saturated carbocycles. The van der Waals surface area contributed by atoms with Crippen molar-refractivity contribution in [3.05, 3.63) is 64.7 Å². The predicted molar refractivity (Wildman–Crippen MR) is 105 cm³/mol. The number of rotatable bonds is 6. The molecule has 138 valence electrons. The summed E-state index contributed by atoms with van der Waals surface area (Å²) in [5.74, 6) is -0.537. The van der Waals surface area contributed by atoms with Crippen LogP contribution in [0.4, 0.5) is 5.69 Å². The van der Waals surface area contributed by atoms with E-state index in [9.17, 15) is 13.2 Å². The van der Waals surface area contributed by atoms with Gasteiger partial charge in [-0.1, -0.05) is 35.9 Å². The largest absolute Gasteiger partial charge is 0.271 e. The summed E-state index contributed by atoms with van der Waals surface area (Å²) in [5, 5.41) is 4.63. The van der Waals surface area contributed by atoms with Crippen LogP contribution in [0.25, 0.3) is 0 Å². The SMILES string of the molecule is C/C(=N/NC(=O)CN(c1cccc(C)c1)S(C)(=O)=O)c1ccc(Cl)cc1. The van der Waals surface area contributed by atoms with Gasteiger partial charge in [0.2, 0.25) is 10.0 Å². The van der Waals surface area contributed by atoms with Crippen molar-refractivity contribution in [3.63, 3.8) is 0 Å². The Morgan fingerprint density at radius 3 is 2.42 bits per heavy atom. The molecule has 0 aliphatic rings. The van der Waals surface area contributed by atoms with Gasteiger partial charge in [0.1, 0.15) is 6.54 Å². The van der Waals surface area contributed by atoms with E-state index in [0.717, 1.165) is 21.7 Å². The molecule has 2 aromatic carbocycles. The molecule has 1 N–H and O–H groups in total. The normalized spacial score (nSPS) is 11.9. The van der Waals surface area contributed by atoms with Crippen LogP contribution in [-0.2, 0) is 14.8 Å². The molecule has 0 spiro atoms. The Labute approximate surface area is 158 Å². The highest BCUT2D eigenvalue weighted by Crippen LogP contribution is 2.18. The molecule has 0 unspecified atom stereocenters. The molecule has 0 heterocycles. The van der Waals surface area contributed by atoms with Gasteiger partial charge in [0.25, 0.3) is 5.91 Å². The average molecular weight is 394 g/mol. The van der Waals surface area contributed by atoms with Crippen LogP contribution < -0.4 is 9.73 Å². The van der Waals surface area contributed by atoms with E-state index in [0.29, 0.717) is 16.4 Å². The van der Waals surface area contributed by atoms with Crippen molar-refractivity contribution in [3.8, 4) is 0 Å². The summed E-state index contributed by atoms with van der Waals surface area (Å²) in [4.78, 5) is 12.2. The van der Waals surface area contributed by atoms with Crippen molar-refractivity contribution >= 4 is 38.9 Å². The minimum Gasteiger partial charge on any atom is -0.271 e. The van der Waals surface area contributed by atoms with Crippen LogP contribution in [0.1, 0.15) is 18.1 Å². The lowest BCUT2D eigenvalue weighted by Crippen LogP contribution is -2.39. The number of hydrogen-bond acceptors (Lipinski definition) is 4. The lowest BCUT2D eigenvalue weighted by Gasteiger charge is -2.21. The number of amides is 1. The maximum atomic E-state index is 12.2.